The molecular formula is C22H28O2S. The summed E-state index contributed by atoms with van der Waals surface area (Å²) in [7, 11) is -3.02. The van der Waals surface area contributed by atoms with Gasteiger partial charge in [-0.25, -0.2) is 0 Å². The van der Waals surface area contributed by atoms with Crippen LogP contribution >= 0.6 is 10.6 Å². The summed E-state index contributed by atoms with van der Waals surface area (Å²) in [5, 5.41) is 0. The Morgan fingerprint density at radius 3 is 1.40 bits per heavy atom. The van der Waals surface area contributed by atoms with Crippen molar-refractivity contribution in [3.05, 3.63) is 65.2 Å². The molecular weight excluding hydrogens is 328 g/mol. The summed E-state index contributed by atoms with van der Waals surface area (Å²) in [4.78, 5) is 1.17. The van der Waals surface area contributed by atoms with Crippen LogP contribution in [-0.4, -0.2) is 9.11 Å². The number of fused-ring (bicyclic) bond motifs is 2. The van der Waals surface area contributed by atoms with Gasteiger partial charge in [0.25, 0.3) is 0 Å². The van der Waals surface area contributed by atoms with Crippen molar-refractivity contribution in [3.63, 3.8) is 0 Å². The first-order valence-electron chi connectivity index (χ1n) is 8.60. The van der Waals surface area contributed by atoms with E-state index in [1.54, 1.807) is 0 Å². The Morgan fingerprint density at radius 2 is 1.08 bits per heavy atom. The van der Waals surface area contributed by atoms with Crippen LogP contribution in [0.25, 0.3) is 5.57 Å². The van der Waals surface area contributed by atoms with Crippen LogP contribution in [0.1, 0.15) is 63.8 Å². The van der Waals surface area contributed by atoms with E-state index < -0.39 is 10.6 Å². The van der Waals surface area contributed by atoms with E-state index in [1.807, 2.05) is 24.3 Å². The van der Waals surface area contributed by atoms with Gasteiger partial charge in [0.15, 0.2) is 0 Å². The van der Waals surface area contributed by atoms with E-state index in [2.05, 4.69) is 60.3 Å². The van der Waals surface area contributed by atoms with E-state index in [0.717, 1.165) is 27.8 Å². The highest BCUT2D eigenvalue weighted by molar-refractivity contribution is 8.24. The van der Waals surface area contributed by atoms with Gasteiger partial charge in [0.1, 0.15) is 0 Å². The number of rotatable bonds is 0. The van der Waals surface area contributed by atoms with Crippen molar-refractivity contribution in [3.8, 4) is 0 Å². The monoisotopic (exact) mass is 356 g/mol. The fourth-order valence-corrected chi connectivity index (χ4v) is 4.95. The zero-order chi connectivity index (χ0) is 18.8. The van der Waals surface area contributed by atoms with Crippen LogP contribution in [0.5, 0.6) is 0 Å². The average molecular weight is 357 g/mol. The minimum absolute atomic E-state index is 0.00818. The maximum atomic E-state index is 11.0. The third-order valence-corrected chi connectivity index (χ3v) is 6.89. The van der Waals surface area contributed by atoms with E-state index in [0.29, 0.717) is 9.79 Å². The van der Waals surface area contributed by atoms with Gasteiger partial charge in [-0.2, -0.15) is 0 Å². The predicted octanol–water partition coefficient (Wildman–Crippen LogP) is 6.83. The Balaban J connectivity index is 2.25. The third-order valence-electron chi connectivity index (χ3n) is 4.95. The van der Waals surface area contributed by atoms with Crippen LogP contribution in [-0.2, 0) is 10.8 Å². The average Bonchev–Trinajstić information content (AvgIpc) is 2.50. The van der Waals surface area contributed by atoms with Crippen molar-refractivity contribution in [2.24, 2.45) is 0 Å². The summed E-state index contributed by atoms with van der Waals surface area (Å²) >= 11 is 0. The van der Waals surface area contributed by atoms with E-state index >= 15 is 0 Å². The van der Waals surface area contributed by atoms with Crippen LogP contribution in [0, 0.1) is 0 Å². The Kier molecular flexibility index (Phi) is 3.99. The molecule has 0 aliphatic carbocycles. The molecule has 1 aliphatic rings. The summed E-state index contributed by atoms with van der Waals surface area (Å²) < 4.78 is 22.0. The Bertz CT molecular complexity index is 795. The molecule has 1 aliphatic heterocycles. The molecule has 3 heteroatoms. The lowest BCUT2D eigenvalue weighted by Crippen LogP contribution is -2.17. The Hall–Kier alpha value is -1.55. The molecule has 0 atom stereocenters. The molecule has 0 bridgehead atoms. The van der Waals surface area contributed by atoms with Gasteiger partial charge in [0.05, 0.1) is 9.79 Å². The van der Waals surface area contributed by atoms with Gasteiger partial charge < -0.3 is 0 Å². The Labute approximate surface area is 153 Å². The summed E-state index contributed by atoms with van der Waals surface area (Å²) in [6, 6.07) is 11.8. The van der Waals surface area contributed by atoms with E-state index in [1.165, 1.54) is 0 Å². The molecule has 0 saturated carbocycles. The van der Waals surface area contributed by atoms with Gasteiger partial charge in [-0.15, -0.1) is 10.6 Å². The lowest BCUT2D eigenvalue weighted by molar-refractivity contribution is 0.484. The van der Waals surface area contributed by atoms with Crippen molar-refractivity contribution >= 4 is 16.2 Å². The number of hydrogen-bond acceptors (Lipinski definition) is 2. The maximum Gasteiger partial charge on any atom is 0.0715 e. The molecule has 25 heavy (non-hydrogen) atoms. The lowest BCUT2D eigenvalue weighted by atomic mass is 9.83. The summed E-state index contributed by atoms with van der Waals surface area (Å²) in [5.41, 5.74) is 4.89. The van der Waals surface area contributed by atoms with Crippen LogP contribution in [0.2, 0.25) is 0 Å². The van der Waals surface area contributed by atoms with Crippen LogP contribution in [0.4, 0.5) is 0 Å². The molecule has 2 N–H and O–H groups in total. The van der Waals surface area contributed by atoms with Crippen LogP contribution in [0.3, 0.4) is 0 Å². The van der Waals surface area contributed by atoms with E-state index in [-0.39, 0.29) is 10.8 Å². The minimum Gasteiger partial charge on any atom is -0.290 e. The second kappa shape index (κ2) is 5.47. The summed E-state index contributed by atoms with van der Waals surface area (Å²) in [6.45, 7) is 17.2. The highest BCUT2D eigenvalue weighted by Gasteiger charge is 2.33. The molecule has 2 aromatic rings. The number of hydrogen-bond donors (Lipinski definition) is 2. The largest absolute Gasteiger partial charge is 0.290 e. The topological polar surface area (TPSA) is 40.5 Å². The highest BCUT2D eigenvalue weighted by atomic mass is 32.3. The molecule has 0 unspecified atom stereocenters. The summed E-state index contributed by atoms with van der Waals surface area (Å²) in [6.07, 6.45) is 0. The fraction of sp³-hybridized carbons (Fsp3) is 0.364. The van der Waals surface area contributed by atoms with Crippen LogP contribution in [0.15, 0.2) is 52.8 Å². The first-order chi connectivity index (χ1) is 11.3. The molecule has 0 spiro atoms. The van der Waals surface area contributed by atoms with Gasteiger partial charge >= 0.3 is 0 Å². The second-order valence-electron chi connectivity index (χ2n) is 8.95. The van der Waals surface area contributed by atoms with E-state index in [4.69, 9.17) is 0 Å². The molecule has 0 radical (unpaired) electrons. The highest BCUT2D eigenvalue weighted by Crippen LogP contribution is 2.63. The molecule has 2 nitrogen and oxygen atoms in total. The fourth-order valence-electron chi connectivity index (χ4n) is 3.22. The first kappa shape index (κ1) is 18.2. The van der Waals surface area contributed by atoms with Gasteiger partial charge in [0, 0.05) is 11.1 Å². The van der Waals surface area contributed by atoms with Crippen molar-refractivity contribution in [2.45, 2.75) is 62.2 Å². The molecule has 0 amide bonds. The van der Waals surface area contributed by atoms with Crippen LogP contribution < -0.4 is 0 Å². The Morgan fingerprint density at radius 1 is 0.720 bits per heavy atom. The van der Waals surface area contributed by atoms with Crippen molar-refractivity contribution in [1.29, 1.82) is 0 Å². The lowest BCUT2D eigenvalue weighted by Gasteiger charge is -2.41. The normalized spacial score (nSPS) is 17.7. The molecule has 0 fully saturated rings. The molecule has 2 aromatic carbocycles. The van der Waals surface area contributed by atoms with Crippen molar-refractivity contribution < 1.29 is 9.11 Å². The third kappa shape index (κ3) is 2.95. The second-order valence-corrected chi connectivity index (χ2v) is 10.9. The molecule has 134 valence electrons. The number of benzene rings is 2. The predicted molar refractivity (Wildman–Crippen MR) is 108 cm³/mol. The zero-order valence-corrected chi connectivity index (χ0v) is 16.8. The molecule has 3 rings (SSSR count). The first-order valence-corrected chi connectivity index (χ1v) is 10.1. The minimum atomic E-state index is -3.02. The summed E-state index contributed by atoms with van der Waals surface area (Å²) in [5.74, 6) is 0. The van der Waals surface area contributed by atoms with Gasteiger partial charge in [0.2, 0.25) is 0 Å². The molecule has 0 aromatic heterocycles. The molecule has 1 heterocycles. The van der Waals surface area contributed by atoms with E-state index in [9.17, 15) is 9.11 Å². The van der Waals surface area contributed by atoms with Gasteiger partial charge in [-0.1, -0.05) is 60.3 Å². The SMILES string of the molecule is C=C1c2cc(C(C)(C)C)ccc2S(O)(O)c2ccc(C(C)(C)C)cc21. The molecule has 0 saturated heterocycles. The smallest absolute Gasteiger partial charge is 0.0715 e. The van der Waals surface area contributed by atoms with Gasteiger partial charge in [-0.05, 0) is 51.8 Å². The quantitative estimate of drug-likeness (QED) is 0.543. The van der Waals surface area contributed by atoms with Crippen molar-refractivity contribution in [2.75, 3.05) is 0 Å². The maximum absolute atomic E-state index is 11.0. The standard InChI is InChI=1S/C22H28O2S/c1-14-17-12-15(21(2,3)4)8-10-19(17)25(23,24)20-11-9-16(13-18(14)20)22(5,6)7/h8-13,23-24H,1H2,2-7H3. The van der Waals surface area contributed by atoms with Crippen molar-refractivity contribution in [1.82, 2.24) is 0 Å². The van der Waals surface area contributed by atoms with Gasteiger partial charge in [-0.3, -0.25) is 9.11 Å². The zero-order valence-electron chi connectivity index (χ0n) is 16.0.